The first-order valence-electron chi connectivity index (χ1n) is 7.99. The zero-order chi connectivity index (χ0) is 15.6. The van der Waals surface area contributed by atoms with Gasteiger partial charge in [0.1, 0.15) is 0 Å². The van der Waals surface area contributed by atoms with Gasteiger partial charge in [-0.1, -0.05) is 6.07 Å². The molecule has 4 heterocycles. The van der Waals surface area contributed by atoms with Gasteiger partial charge in [0.25, 0.3) is 5.91 Å². The Hall–Kier alpha value is -1.50. The molecule has 120 valence electrons. The monoisotopic (exact) mass is 345 g/mol. The number of thiophene rings is 2. The van der Waals surface area contributed by atoms with E-state index in [1.807, 2.05) is 6.07 Å². The summed E-state index contributed by atoms with van der Waals surface area (Å²) in [6, 6.07) is 6.30. The van der Waals surface area contributed by atoms with Crippen LogP contribution in [0.4, 0.5) is 0 Å². The molecule has 2 aromatic heterocycles. The van der Waals surface area contributed by atoms with Gasteiger partial charge in [0.05, 0.1) is 18.3 Å². The van der Waals surface area contributed by atoms with Crippen molar-refractivity contribution in [3.05, 3.63) is 44.8 Å². The van der Waals surface area contributed by atoms with E-state index < -0.39 is 0 Å². The molecule has 6 heteroatoms. The fourth-order valence-corrected chi connectivity index (χ4v) is 4.73. The van der Waals surface area contributed by atoms with Crippen LogP contribution in [0.1, 0.15) is 35.7 Å². The predicted octanol–water partition coefficient (Wildman–Crippen LogP) is 3.58. The first-order chi connectivity index (χ1) is 11.3. The van der Waals surface area contributed by atoms with Crippen molar-refractivity contribution in [1.29, 1.82) is 0 Å². The molecule has 2 aromatic rings. The molecule has 0 bridgehead atoms. The molecule has 4 rings (SSSR count). The highest BCUT2D eigenvalue weighted by atomic mass is 32.1. The van der Waals surface area contributed by atoms with E-state index in [1.54, 1.807) is 27.7 Å². The van der Waals surface area contributed by atoms with Crippen molar-refractivity contribution in [2.24, 2.45) is 5.10 Å². The van der Waals surface area contributed by atoms with Gasteiger partial charge in [0, 0.05) is 16.9 Å². The lowest BCUT2D eigenvalue weighted by atomic mass is 10.1. The van der Waals surface area contributed by atoms with Crippen LogP contribution in [0, 0.1) is 0 Å². The predicted molar refractivity (Wildman–Crippen MR) is 95.1 cm³/mol. The van der Waals surface area contributed by atoms with E-state index in [9.17, 15) is 4.79 Å². The number of carbonyl (C=O) groups is 1. The minimum atomic E-state index is 0.0556. The van der Waals surface area contributed by atoms with Gasteiger partial charge in [0.2, 0.25) is 0 Å². The molecule has 1 amide bonds. The van der Waals surface area contributed by atoms with E-state index >= 15 is 0 Å². The highest BCUT2D eigenvalue weighted by Gasteiger charge is 2.34. The van der Waals surface area contributed by atoms with Gasteiger partial charge in [0.15, 0.2) is 0 Å². The van der Waals surface area contributed by atoms with Crippen LogP contribution in [0.3, 0.4) is 0 Å². The normalized spacial score (nSPS) is 21.8. The van der Waals surface area contributed by atoms with Crippen LogP contribution in [0.25, 0.3) is 0 Å². The van der Waals surface area contributed by atoms with Crippen LogP contribution in [-0.4, -0.2) is 41.2 Å². The third-order valence-corrected chi connectivity index (χ3v) is 6.11. The summed E-state index contributed by atoms with van der Waals surface area (Å²) in [7, 11) is 0. The number of amides is 1. The molecule has 1 fully saturated rings. The number of carbonyl (C=O) groups excluding carboxylic acids is 1. The topological polar surface area (TPSA) is 35.9 Å². The van der Waals surface area contributed by atoms with E-state index in [4.69, 9.17) is 5.10 Å². The van der Waals surface area contributed by atoms with Crippen LogP contribution in [-0.2, 0) is 4.79 Å². The molecule has 2 aliphatic rings. The van der Waals surface area contributed by atoms with E-state index in [2.05, 4.69) is 33.2 Å². The lowest BCUT2D eigenvalue weighted by molar-refractivity contribution is -0.133. The van der Waals surface area contributed by atoms with Crippen LogP contribution in [0.15, 0.2) is 39.4 Å². The molecule has 0 radical (unpaired) electrons. The van der Waals surface area contributed by atoms with E-state index in [0.29, 0.717) is 6.54 Å². The van der Waals surface area contributed by atoms with Gasteiger partial charge in [-0.3, -0.25) is 9.69 Å². The third kappa shape index (κ3) is 3.11. The molecule has 0 N–H and O–H groups in total. The van der Waals surface area contributed by atoms with Gasteiger partial charge < -0.3 is 0 Å². The second kappa shape index (κ2) is 6.55. The summed E-state index contributed by atoms with van der Waals surface area (Å²) in [6.07, 6.45) is 3.21. The number of hydrogen-bond acceptors (Lipinski definition) is 5. The van der Waals surface area contributed by atoms with E-state index in [0.717, 1.165) is 30.8 Å². The minimum Gasteiger partial charge on any atom is -0.294 e. The van der Waals surface area contributed by atoms with Gasteiger partial charge >= 0.3 is 0 Å². The zero-order valence-corrected chi connectivity index (χ0v) is 14.5. The fourth-order valence-electron chi connectivity index (χ4n) is 3.25. The second-order valence-electron chi connectivity index (χ2n) is 6.02. The summed E-state index contributed by atoms with van der Waals surface area (Å²) < 4.78 is 0. The average Bonchev–Trinajstić information content (AvgIpc) is 3.30. The standard InChI is InChI=1S/C17H19N3OS2/c21-17(11-19-6-1-2-7-19)20-15(16-4-3-8-23-16)10-14(18-20)13-5-9-22-12-13/h3-5,8-9,12,15H,1-2,6-7,10-11H2/t15-/m1/s1. The summed E-state index contributed by atoms with van der Waals surface area (Å²) in [4.78, 5) is 16.3. The number of nitrogens with zero attached hydrogens (tertiary/aromatic N) is 3. The largest absolute Gasteiger partial charge is 0.294 e. The first-order valence-corrected chi connectivity index (χ1v) is 9.81. The molecule has 2 aliphatic heterocycles. The molecule has 0 spiro atoms. The minimum absolute atomic E-state index is 0.0556. The maximum absolute atomic E-state index is 12.8. The Morgan fingerprint density at radius 1 is 1.26 bits per heavy atom. The molecule has 1 saturated heterocycles. The van der Waals surface area contributed by atoms with Crippen molar-refractivity contribution in [2.45, 2.75) is 25.3 Å². The summed E-state index contributed by atoms with van der Waals surface area (Å²) >= 11 is 3.38. The van der Waals surface area contributed by atoms with Crippen LogP contribution < -0.4 is 0 Å². The SMILES string of the molecule is O=C(CN1CCCC1)N1N=C(c2ccsc2)C[C@@H]1c1cccs1. The molecule has 0 aromatic carbocycles. The van der Waals surface area contributed by atoms with Gasteiger partial charge in [-0.25, -0.2) is 5.01 Å². The third-order valence-electron chi connectivity index (χ3n) is 4.45. The average molecular weight is 345 g/mol. The molecule has 1 atom stereocenters. The van der Waals surface area contributed by atoms with Crippen LogP contribution in [0.5, 0.6) is 0 Å². The molecular weight excluding hydrogens is 326 g/mol. The van der Waals surface area contributed by atoms with Crippen molar-refractivity contribution in [1.82, 2.24) is 9.91 Å². The quantitative estimate of drug-likeness (QED) is 0.849. The summed E-state index contributed by atoms with van der Waals surface area (Å²) in [6.45, 7) is 2.55. The molecule has 0 unspecified atom stereocenters. The lowest BCUT2D eigenvalue weighted by Crippen LogP contribution is -2.36. The number of hydrazone groups is 1. The van der Waals surface area contributed by atoms with Crippen molar-refractivity contribution in [3.63, 3.8) is 0 Å². The van der Waals surface area contributed by atoms with E-state index in [1.165, 1.54) is 17.7 Å². The van der Waals surface area contributed by atoms with Crippen molar-refractivity contribution in [3.8, 4) is 0 Å². The zero-order valence-electron chi connectivity index (χ0n) is 12.9. The summed E-state index contributed by atoms with van der Waals surface area (Å²) in [5, 5.41) is 12.7. The molecule has 23 heavy (non-hydrogen) atoms. The molecule has 0 aliphatic carbocycles. The lowest BCUT2D eigenvalue weighted by Gasteiger charge is -2.23. The van der Waals surface area contributed by atoms with Crippen molar-refractivity contribution < 1.29 is 4.79 Å². The van der Waals surface area contributed by atoms with Gasteiger partial charge in [-0.15, -0.1) is 11.3 Å². The second-order valence-corrected chi connectivity index (χ2v) is 7.77. The molecule has 4 nitrogen and oxygen atoms in total. The Morgan fingerprint density at radius 3 is 2.83 bits per heavy atom. The van der Waals surface area contributed by atoms with Crippen molar-refractivity contribution >= 4 is 34.3 Å². The Morgan fingerprint density at radius 2 is 2.13 bits per heavy atom. The Labute approximate surface area is 144 Å². The fraction of sp³-hybridized carbons (Fsp3) is 0.412. The maximum Gasteiger partial charge on any atom is 0.257 e. The first kappa shape index (κ1) is 15.1. The van der Waals surface area contributed by atoms with Crippen molar-refractivity contribution in [2.75, 3.05) is 19.6 Å². The summed E-state index contributed by atoms with van der Waals surface area (Å²) in [5.74, 6) is 0.121. The number of hydrogen-bond donors (Lipinski definition) is 0. The highest BCUT2D eigenvalue weighted by molar-refractivity contribution is 7.10. The van der Waals surface area contributed by atoms with Crippen LogP contribution >= 0.6 is 22.7 Å². The number of likely N-dealkylation sites (tertiary alicyclic amines) is 1. The van der Waals surface area contributed by atoms with Gasteiger partial charge in [-0.2, -0.15) is 16.4 Å². The molecule has 0 saturated carbocycles. The Balaban J connectivity index is 1.57. The Bertz CT molecular complexity index is 688. The van der Waals surface area contributed by atoms with E-state index in [-0.39, 0.29) is 11.9 Å². The molecular formula is C17H19N3OS2. The highest BCUT2D eigenvalue weighted by Crippen LogP contribution is 2.35. The Kier molecular flexibility index (Phi) is 4.29. The summed E-state index contributed by atoms with van der Waals surface area (Å²) in [5.41, 5.74) is 2.17. The smallest absolute Gasteiger partial charge is 0.257 e. The van der Waals surface area contributed by atoms with Gasteiger partial charge in [-0.05, 0) is 54.2 Å². The number of rotatable bonds is 4. The maximum atomic E-state index is 12.8. The van der Waals surface area contributed by atoms with Crippen LogP contribution in [0.2, 0.25) is 0 Å².